The van der Waals surface area contributed by atoms with Crippen molar-refractivity contribution >= 4 is 29.3 Å². The molecule has 1 rings (SSSR count). The molecule has 0 radical (unpaired) electrons. The number of carboxylic acids is 1. The van der Waals surface area contributed by atoms with Gasteiger partial charge in [-0.25, -0.2) is 4.79 Å². The van der Waals surface area contributed by atoms with Gasteiger partial charge in [0.05, 0.1) is 5.25 Å². The highest BCUT2D eigenvalue weighted by Gasteiger charge is 2.22. The fourth-order valence-electron chi connectivity index (χ4n) is 1.77. The second kappa shape index (κ2) is 8.56. The minimum atomic E-state index is -1.04. The van der Waals surface area contributed by atoms with Crippen LogP contribution in [-0.4, -0.2) is 34.6 Å². The number of thioether (sulfide) groups is 1. The van der Waals surface area contributed by atoms with Crippen LogP contribution in [0.3, 0.4) is 0 Å². The molecule has 0 heterocycles. The van der Waals surface area contributed by atoms with E-state index in [2.05, 4.69) is 5.32 Å². The minimum absolute atomic E-state index is 0.0489. The molecule has 0 saturated heterocycles. The Morgan fingerprint density at radius 1 is 1.38 bits per heavy atom. The van der Waals surface area contributed by atoms with Crippen molar-refractivity contribution in [3.63, 3.8) is 0 Å². The van der Waals surface area contributed by atoms with Gasteiger partial charge in [-0.1, -0.05) is 26.8 Å². The quantitative estimate of drug-likeness (QED) is 0.772. The first kappa shape index (κ1) is 17.4. The van der Waals surface area contributed by atoms with Gasteiger partial charge < -0.3 is 15.2 Å². The fraction of sp³-hybridized carbons (Fsp3) is 0.467. The molecule has 5 nitrogen and oxygen atoms in total. The normalized spacial score (nSPS) is 12.0. The average molecular weight is 311 g/mol. The number of anilines is 1. The van der Waals surface area contributed by atoms with Gasteiger partial charge in [0.1, 0.15) is 5.75 Å². The van der Waals surface area contributed by atoms with E-state index in [0.29, 0.717) is 11.4 Å². The van der Waals surface area contributed by atoms with Gasteiger partial charge in [-0.2, -0.15) is 0 Å². The van der Waals surface area contributed by atoms with E-state index in [1.54, 1.807) is 36.0 Å². The zero-order valence-electron chi connectivity index (χ0n) is 12.5. The van der Waals surface area contributed by atoms with E-state index in [1.807, 2.05) is 20.8 Å². The van der Waals surface area contributed by atoms with E-state index in [1.165, 1.54) is 0 Å². The molecule has 1 atom stereocenters. The first-order valence-corrected chi connectivity index (χ1v) is 7.86. The van der Waals surface area contributed by atoms with Gasteiger partial charge in [0.25, 0.3) is 0 Å². The molecule has 6 heteroatoms. The molecule has 0 saturated carbocycles. The summed E-state index contributed by atoms with van der Waals surface area (Å²) in [5.74, 6) is 0.439. The highest BCUT2D eigenvalue weighted by molar-refractivity contribution is 8.00. The summed E-state index contributed by atoms with van der Waals surface area (Å²) in [5, 5.41) is 11.3. The lowest BCUT2D eigenvalue weighted by Crippen LogP contribution is -2.29. The number of hydrogen-bond acceptors (Lipinski definition) is 4. The summed E-state index contributed by atoms with van der Waals surface area (Å²) in [7, 11) is 0. The smallest absolute Gasteiger partial charge is 0.341 e. The van der Waals surface area contributed by atoms with Gasteiger partial charge in [-0.3, -0.25) is 4.79 Å². The van der Waals surface area contributed by atoms with Crippen molar-refractivity contribution in [2.45, 2.75) is 26.0 Å². The van der Waals surface area contributed by atoms with Crippen LogP contribution in [0.1, 0.15) is 20.8 Å². The number of rotatable bonds is 8. The lowest BCUT2D eigenvalue weighted by Gasteiger charge is -2.19. The highest BCUT2D eigenvalue weighted by atomic mass is 32.2. The zero-order valence-corrected chi connectivity index (χ0v) is 13.3. The van der Waals surface area contributed by atoms with Crippen LogP contribution < -0.4 is 10.1 Å². The Labute approximate surface area is 129 Å². The highest BCUT2D eigenvalue weighted by Crippen LogP contribution is 2.23. The Kier molecular flexibility index (Phi) is 7.08. The van der Waals surface area contributed by atoms with Gasteiger partial charge >= 0.3 is 5.97 Å². The maximum Gasteiger partial charge on any atom is 0.341 e. The molecular formula is C15H21NO4S. The van der Waals surface area contributed by atoms with E-state index in [4.69, 9.17) is 9.84 Å². The van der Waals surface area contributed by atoms with Crippen LogP contribution in [0.15, 0.2) is 24.3 Å². The van der Waals surface area contributed by atoms with Crippen LogP contribution in [0.5, 0.6) is 5.75 Å². The monoisotopic (exact) mass is 311 g/mol. The average Bonchev–Trinajstić information content (AvgIpc) is 2.42. The van der Waals surface area contributed by atoms with Crippen LogP contribution in [0.4, 0.5) is 5.69 Å². The summed E-state index contributed by atoms with van der Waals surface area (Å²) >= 11 is 1.61. The van der Waals surface area contributed by atoms with Gasteiger partial charge in [-0.15, -0.1) is 11.8 Å². The lowest BCUT2D eigenvalue weighted by molar-refractivity contribution is -0.139. The predicted octanol–water partition coefficient (Wildman–Crippen LogP) is 2.87. The van der Waals surface area contributed by atoms with Crippen molar-refractivity contribution < 1.29 is 19.4 Å². The molecule has 0 aliphatic rings. The number of amides is 1. The Morgan fingerprint density at radius 2 is 2.10 bits per heavy atom. The van der Waals surface area contributed by atoms with Crippen molar-refractivity contribution in [2.75, 3.05) is 17.7 Å². The summed E-state index contributed by atoms with van der Waals surface area (Å²) < 4.78 is 5.09. The summed E-state index contributed by atoms with van der Waals surface area (Å²) in [4.78, 5) is 22.7. The minimum Gasteiger partial charge on any atom is -0.482 e. The molecule has 2 N–H and O–H groups in total. The van der Waals surface area contributed by atoms with Crippen molar-refractivity contribution in [1.82, 2.24) is 0 Å². The summed E-state index contributed by atoms with van der Waals surface area (Å²) in [6, 6.07) is 6.73. The second-order valence-electron chi connectivity index (χ2n) is 4.82. The number of benzene rings is 1. The van der Waals surface area contributed by atoms with Crippen LogP contribution in [0, 0.1) is 5.92 Å². The number of carboxylic acid groups (broad SMARTS) is 1. The number of aliphatic carboxylic acids is 1. The number of carbonyl (C=O) groups is 2. The van der Waals surface area contributed by atoms with Crippen molar-refractivity contribution in [2.24, 2.45) is 5.92 Å². The van der Waals surface area contributed by atoms with Crippen molar-refractivity contribution in [3.8, 4) is 5.75 Å². The maximum atomic E-state index is 12.3. The molecule has 0 fully saturated rings. The molecule has 0 aliphatic heterocycles. The van der Waals surface area contributed by atoms with Gasteiger partial charge in [0, 0.05) is 11.8 Å². The lowest BCUT2D eigenvalue weighted by atomic mass is 10.1. The molecular weight excluding hydrogens is 290 g/mol. The fourth-order valence-corrected chi connectivity index (χ4v) is 2.73. The van der Waals surface area contributed by atoms with E-state index in [0.717, 1.165) is 5.75 Å². The maximum absolute atomic E-state index is 12.3. The SMILES string of the molecule is CCSC(C(=O)Nc1cccc(OCC(=O)O)c1)C(C)C. The molecule has 1 aromatic carbocycles. The topological polar surface area (TPSA) is 75.6 Å². The van der Waals surface area contributed by atoms with Gasteiger partial charge in [-0.05, 0) is 23.8 Å². The second-order valence-corrected chi connectivity index (χ2v) is 6.24. The largest absolute Gasteiger partial charge is 0.482 e. The molecule has 0 aromatic heterocycles. The van der Waals surface area contributed by atoms with Crippen LogP contribution in [-0.2, 0) is 9.59 Å². The number of carbonyl (C=O) groups excluding carboxylic acids is 1. The summed E-state index contributed by atoms with van der Waals surface area (Å²) in [6.45, 7) is 5.64. The molecule has 1 aromatic rings. The molecule has 0 bridgehead atoms. The Balaban J connectivity index is 2.71. The third-order valence-electron chi connectivity index (χ3n) is 2.67. The van der Waals surface area contributed by atoms with Crippen LogP contribution >= 0.6 is 11.8 Å². The third-order valence-corrected chi connectivity index (χ3v) is 4.12. The predicted molar refractivity (Wildman–Crippen MR) is 85.0 cm³/mol. The first-order chi connectivity index (χ1) is 9.93. The Morgan fingerprint density at radius 3 is 2.67 bits per heavy atom. The summed E-state index contributed by atoms with van der Waals surface area (Å²) in [6.07, 6.45) is 0. The van der Waals surface area contributed by atoms with Crippen molar-refractivity contribution in [3.05, 3.63) is 24.3 Å². The van der Waals surface area contributed by atoms with Crippen molar-refractivity contribution in [1.29, 1.82) is 0 Å². The number of ether oxygens (including phenoxy) is 1. The molecule has 1 amide bonds. The molecule has 1 unspecified atom stereocenters. The van der Waals surface area contributed by atoms with Gasteiger partial charge in [0.2, 0.25) is 5.91 Å². The Bertz CT molecular complexity index is 490. The molecule has 116 valence electrons. The van der Waals surface area contributed by atoms with Crippen LogP contribution in [0.25, 0.3) is 0 Å². The third kappa shape index (κ3) is 6.08. The summed E-state index contributed by atoms with van der Waals surface area (Å²) in [5.41, 5.74) is 0.602. The number of nitrogens with one attached hydrogen (secondary N) is 1. The van der Waals surface area contributed by atoms with E-state index >= 15 is 0 Å². The van der Waals surface area contributed by atoms with E-state index < -0.39 is 12.6 Å². The Hall–Kier alpha value is -1.69. The molecule has 0 aliphatic carbocycles. The molecule has 0 spiro atoms. The zero-order chi connectivity index (χ0) is 15.8. The molecule has 21 heavy (non-hydrogen) atoms. The van der Waals surface area contributed by atoms with Crippen LogP contribution in [0.2, 0.25) is 0 Å². The standard InChI is InChI=1S/C15H21NO4S/c1-4-21-14(10(2)3)15(19)16-11-6-5-7-12(8-11)20-9-13(17)18/h5-8,10,14H,4,9H2,1-3H3,(H,16,19)(H,17,18). The van der Waals surface area contributed by atoms with E-state index in [9.17, 15) is 9.59 Å². The number of hydrogen-bond donors (Lipinski definition) is 2. The van der Waals surface area contributed by atoms with E-state index in [-0.39, 0.29) is 17.1 Å². The van der Waals surface area contributed by atoms with Gasteiger partial charge in [0.15, 0.2) is 6.61 Å². The first-order valence-electron chi connectivity index (χ1n) is 6.81.